The van der Waals surface area contributed by atoms with Crippen molar-refractivity contribution < 1.29 is 0 Å². The monoisotopic (exact) mass is 266 g/mol. The van der Waals surface area contributed by atoms with E-state index in [-0.39, 0.29) is 0 Å². The Balaban J connectivity index is 2.17. The molecule has 1 aromatic rings. The van der Waals surface area contributed by atoms with Gasteiger partial charge in [0.1, 0.15) is 0 Å². The van der Waals surface area contributed by atoms with E-state index in [0.29, 0.717) is 12.6 Å². The standard InChI is InChI=1S/C15H23ClN2/c1-11-5-7-18(8-6-11)15(10-17)14-4-3-13(16)9-12(14)2/h3-4,9,11,15H,5-8,10,17H2,1-2H3. The number of nitrogens with zero attached hydrogens (tertiary/aromatic N) is 1. The van der Waals surface area contributed by atoms with Gasteiger partial charge < -0.3 is 5.73 Å². The summed E-state index contributed by atoms with van der Waals surface area (Å²) < 4.78 is 0. The van der Waals surface area contributed by atoms with Gasteiger partial charge in [-0.3, -0.25) is 4.90 Å². The van der Waals surface area contributed by atoms with Crippen LogP contribution in [0.5, 0.6) is 0 Å². The smallest absolute Gasteiger partial charge is 0.0473 e. The van der Waals surface area contributed by atoms with Crippen molar-refractivity contribution >= 4 is 11.6 Å². The number of nitrogens with two attached hydrogens (primary N) is 1. The predicted molar refractivity (Wildman–Crippen MR) is 78.0 cm³/mol. The van der Waals surface area contributed by atoms with Crippen molar-refractivity contribution in [3.8, 4) is 0 Å². The number of likely N-dealkylation sites (tertiary alicyclic amines) is 1. The molecular formula is C15H23ClN2. The first-order chi connectivity index (χ1) is 8.61. The molecule has 0 aromatic heterocycles. The average molecular weight is 267 g/mol. The number of hydrogen-bond acceptors (Lipinski definition) is 2. The quantitative estimate of drug-likeness (QED) is 0.909. The zero-order valence-electron chi connectivity index (χ0n) is 11.3. The number of benzene rings is 1. The van der Waals surface area contributed by atoms with Crippen LogP contribution < -0.4 is 5.73 Å². The Morgan fingerprint density at radius 3 is 2.61 bits per heavy atom. The molecule has 1 fully saturated rings. The second-order valence-electron chi connectivity index (χ2n) is 5.47. The van der Waals surface area contributed by atoms with E-state index in [1.807, 2.05) is 12.1 Å². The van der Waals surface area contributed by atoms with Gasteiger partial charge in [-0.05, 0) is 62.0 Å². The summed E-state index contributed by atoms with van der Waals surface area (Å²) in [6.45, 7) is 7.45. The molecule has 3 heteroatoms. The number of aryl methyl sites for hydroxylation is 1. The fourth-order valence-electron chi connectivity index (χ4n) is 2.83. The van der Waals surface area contributed by atoms with Crippen LogP contribution in [0.3, 0.4) is 0 Å². The second-order valence-corrected chi connectivity index (χ2v) is 5.91. The van der Waals surface area contributed by atoms with Gasteiger partial charge >= 0.3 is 0 Å². The van der Waals surface area contributed by atoms with Crippen LogP contribution in [0.1, 0.15) is 36.9 Å². The molecule has 18 heavy (non-hydrogen) atoms. The molecule has 1 atom stereocenters. The fraction of sp³-hybridized carbons (Fsp3) is 0.600. The maximum Gasteiger partial charge on any atom is 0.0473 e. The highest BCUT2D eigenvalue weighted by Crippen LogP contribution is 2.29. The van der Waals surface area contributed by atoms with Gasteiger partial charge in [-0.2, -0.15) is 0 Å². The van der Waals surface area contributed by atoms with Crippen molar-refractivity contribution in [2.75, 3.05) is 19.6 Å². The topological polar surface area (TPSA) is 29.3 Å². The molecule has 2 nitrogen and oxygen atoms in total. The van der Waals surface area contributed by atoms with Crippen molar-refractivity contribution in [3.63, 3.8) is 0 Å². The molecule has 1 saturated heterocycles. The highest BCUT2D eigenvalue weighted by molar-refractivity contribution is 6.30. The molecule has 1 aromatic carbocycles. The zero-order chi connectivity index (χ0) is 13.1. The minimum Gasteiger partial charge on any atom is -0.329 e. The van der Waals surface area contributed by atoms with Crippen LogP contribution in [-0.4, -0.2) is 24.5 Å². The molecule has 0 amide bonds. The van der Waals surface area contributed by atoms with Gasteiger partial charge in [-0.25, -0.2) is 0 Å². The van der Waals surface area contributed by atoms with Gasteiger partial charge in [0.2, 0.25) is 0 Å². The van der Waals surface area contributed by atoms with E-state index in [9.17, 15) is 0 Å². The molecule has 0 bridgehead atoms. The van der Waals surface area contributed by atoms with E-state index in [1.54, 1.807) is 0 Å². The fourth-order valence-corrected chi connectivity index (χ4v) is 3.05. The molecule has 1 aliphatic rings. The maximum atomic E-state index is 6.02. The number of halogens is 1. The first kappa shape index (κ1) is 13.9. The molecule has 1 aliphatic heterocycles. The summed E-state index contributed by atoms with van der Waals surface area (Å²) in [5.74, 6) is 0.853. The van der Waals surface area contributed by atoms with Crippen LogP contribution in [0, 0.1) is 12.8 Å². The first-order valence-corrected chi connectivity index (χ1v) is 7.19. The summed E-state index contributed by atoms with van der Waals surface area (Å²) in [6.07, 6.45) is 2.56. The van der Waals surface area contributed by atoms with Crippen LogP contribution in [0.25, 0.3) is 0 Å². The first-order valence-electron chi connectivity index (χ1n) is 6.82. The summed E-state index contributed by atoms with van der Waals surface area (Å²) in [6, 6.07) is 6.48. The van der Waals surface area contributed by atoms with Crippen LogP contribution in [-0.2, 0) is 0 Å². The van der Waals surface area contributed by atoms with E-state index >= 15 is 0 Å². The van der Waals surface area contributed by atoms with Crippen LogP contribution >= 0.6 is 11.6 Å². The predicted octanol–water partition coefficient (Wildman–Crippen LogP) is 3.38. The van der Waals surface area contributed by atoms with Gasteiger partial charge in [-0.1, -0.05) is 24.6 Å². The third-order valence-electron chi connectivity index (χ3n) is 4.07. The summed E-state index contributed by atoms with van der Waals surface area (Å²) in [5, 5.41) is 0.805. The molecule has 0 aliphatic carbocycles. The van der Waals surface area contributed by atoms with Gasteiger partial charge in [0.25, 0.3) is 0 Å². The zero-order valence-corrected chi connectivity index (χ0v) is 12.1. The van der Waals surface area contributed by atoms with Crippen LogP contribution in [0.2, 0.25) is 5.02 Å². The lowest BCUT2D eigenvalue weighted by Crippen LogP contribution is -2.39. The molecule has 0 saturated carbocycles. The lowest BCUT2D eigenvalue weighted by Gasteiger charge is -2.37. The number of piperidine rings is 1. The van der Waals surface area contributed by atoms with Crippen molar-refractivity contribution in [1.29, 1.82) is 0 Å². The van der Waals surface area contributed by atoms with Crippen molar-refractivity contribution in [2.45, 2.75) is 32.7 Å². The lowest BCUT2D eigenvalue weighted by molar-refractivity contribution is 0.141. The molecule has 0 spiro atoms. The van der Waals surface area contributed by atoms with Crippen molar-refractivity contribution in [3.05, 3.63) is 34.3 Å². The molecule has 2 rings (SSSR count). The number of hydrogen-bond donors (Lipinski definition) is 1. The minimum absolute atomic E-state index is 0.342. The number of rotatable bonds is 3. The Morgan fingerprint density at radius 1 is 1.39 bits per heavy atom. The van der Waals surface area contributed by atoms with E-state index in [1.165, 1.54) is 24.0 Å². The molecule has 100 valence electrons. The molecule has 1 unspecified atom stereocenters. The Kier molecular flexibility index (Phi) is 4.66. The minimum atomic E-state index is 0.342. The molecule has 1 heterocycles. The third-order valence-corrected chi connectivity index (χ3v) is 4.31. The van der Waals surface area contributed by atoms with E-state index in [0.717, 1.165) is 24.0 Å². The van der Waals surface area contributed by atoms with Crippen LogP contribution in [0.15, 0.2) is 18.2 Å². The van der Waals surface area contributed by atoms with E-state index in [4.69, 9.17) is 17.3 Å². The van der Waals surface area contributed by atoms with E-state index in [2.05, 4.69) is 24.8 Å². The Labute approximate surface area is 115 Å². The Bertz CT molecular complexity index is 397. The van der Waals surface area contributed by atoms with Gasteiger partial charge in [-0.15, -0.1) is 0 Å². The van der Waals surface area contributed by atoms with E-state index < -0.39 is 0 Å². The van der Waals surface area contributed by atoms with Gasteiger partial charge in [0.15, 0.2) is 0 Å². The van der Waals surface area contributed by atoms with Crippen molar-refractivity contribution in [1.82, 2.24) is 4.90 Å². The summed E-state index contributed by atoms with van der Waals surface area (Å²) in [5.41, 5.74) is 8.58. The largest absolute Gasteiger partial charge is 0.329 e. The Morgan fingerprint density at radius 2 is 2.06 bits per heavy atom. The van der Waals surface area contributed by atoms with Crippen LogP contribution in [0.4, 0.5) is 0 Å². The highest BCUT2D eigenvalue weighted by atomic mass is 35.5. The maximum absolute atomic E-state index is 6.02. The summed E-state index contributed by atoms with van der Waals surface area (Å²) in [7, 11) is 0. The average Bonchev–Trinajstić information content (AvgIpc) is 2.35. The molecule has 0 radical (unpaired) electrons. The second kappa shape index (κ2) is 6.05. The lowest BCUT2D eigenvalue weighted by atomic mass is 9.94. The summed E-state index contributed by atoms with van der Waals surface area (Å²) >= 11 is 6.02. The molecule has 2 N–H and O–H groups in total. The van der Waals surface area contributed by atoms with Gasteiger partial charge in [0, 0.05) is 17.6 Å². The van der Waals surface area contributed by atoms with Crippen molar-refractivity contribution in [2.24, 2.45) is 11.7 Å². The van der Waals surface area contributed by atoms with Gasteiger partial charge in [0.05, 0.1) is 0 Å². The highest BCUT2D eigenvalue weighted by Gasteiger charge is 2.24. The Hall–Kier alpha value is -0.570. The molecular weight excluding hydrogens is 244 g/mol. The SMILES string of the molecule is Cc1cc(Cl)ccc1C(CN)N1CCC(C)CC1. The summed E-state index contributed by atoms with van der Waals surface area (Å²) in [4.78, 5) is 2.52. The third kappa shape index (κ3) is 3.05. The normalized spacial score (nSPS) is 20.0.